The van der Waals surface area contributed by atoms with Crippen molar-refractivity contribution in [2.75, 3.05) is 0 Å². The molecule has 0 spiro atoms. The fraction of sp³-hybridized carbons (Fsp3) is 0. The van der Waals surface area contributed by atoms with E-state index < -0.39 is 5.97 Å². The first kappa shape index (κ1) is 10.2. The molecular weight excluding hydrogens is 206 g/mol. The molecule has 4 heteroatoms. The van der Waals surface area contributed by atoms with E-state index in [2.05, 4.69) is 4.98 Å². The van der Waals surface area contributed by atoms with E-state index in [4.69, 9.17) is 5.11 Å². The summed E-state index contributed by atoms with van der Waals surface area (Å²) in [5, 5.41) is 9.04. The molecule has 80 valence electrons. The van der Waals surface area contributed by atoms with Crippen LogP contribution in [0.3, 0.4) is 0 Å². The lowest BCUT2D eigenvalue weighted by molar-refractivity contribution is -0.131. The Hall–Kier alpha value is -2.36. The Bertz CT molecular complexity index is 625. The van der Waals surface area contributed by atoms with Gasteiger partial charge in [0.05, 0.1) is 0 Å². The quantitative estimate of drug-likeness (QED) is 0.748. The van der Waals surface area contributed by atoms with Crippen molar-refractivity contribution < 1.29 is 9.90 Å². The predicted molar refractivity (Wildman–Crippen MR) is 61.2 cm³/mol. The average molecular weight is 215 g/mol. The number of fused-ring (bicyclic) bond motifs is 1. The molecule has 0 saturated carbocycles. The van der Waals surface area contributed by atoms with Gasteiger partial charge in [-0.2, -0.15) is 0 Å². The van der Waals surface area contributed by atoms with Crippen molar-refractivity contribution in [2.24, 2.45) is 0 Å². The van der Waals surface area contributed by atoms with Crippen LogP contribution in [-0.2, 0) is 4.79 Å². The van der Waals surface area contributed by atoms with Gasteiger partial charge in [0.15, 0.2) is 5.43 Å². The van der Waals surface area contributed by atoms with Crippen LogP contribution < -0.4 is 5.43 Å². The van der Waals surface area contributed by atoms with Crippen LogP contribution in [-0.4, -0.2) is 16.1 Å². The number of carbonyl (C=O) groups is 1. The smallest absolute Gasteiger partial charge is 0.328 e. The Balaban J connectivity index is 2.55. The van der Waals surface area contributed by atoms with Crippen LogP contribution >= 0.6 is 0 Å². The Morgan fingerprint density at radius 2 is 2.12 bits per heavy atom. The summed E-state index contributed by atoms with van der Waals surface area (Å²) in [6, 6.07) is 6.59. The van der Waals surface area contributed by atoms with E-state index >= 15 is 0 Å². The molecule has 1 aromatic heterocycles. The summed E-state index contributed by atoms with van der Waals surface area (Å²) < 4.78 is 0. The zero-order valence-electron chi connectivity index (χ0n) is 8.31. The summed E-state index contributed by atoms with van der Waals surface area (Å²) in [6.45, 7) is 0. The van der Waals surface area contributed by atoms with E-state index in [0.717, 1.165) is 11.6 Å². The Kier molecular flexibility index (Phi) is 2.55. The van der Waals surface area contributed by atoms with Crippen molar-refractivity contribution in [3.8, 4) is 0 Å². The van der Waals surface area contributed by atoms with Crippen LogP contribution in [0.5, 0.6) is 0 Å². The number of aliphatic carboxylic acids is 1. The number of carboxylic acids is 1. The molecule has 0 radical (unpaired) electrons. The largest absolute Gasteiger partial charge is 0.478 e. The molecule has 0 atom stereocenters. The first-order valence-electron chi connectivity index (χ1n) is 4.69. The minimum Gasteiger partial charge on any atom is -0.478 e. The zero-order chi connectivity index (χ0) is 11.5. The molecule has 2 N–H and O–H groups in total. The van der Waals surface area contributed by atoms with Crippen LogP contribution in [0, 0.1) is 0 Å². The van der Waals surface area contributed by atoms with Gasteiger partial charge in [0, 0.05) is 29.2 Å². The molecule has 0 unspecified atom stereocenters. The number of carboxylic acid groups (broad SMARTS) is 1. The zero-order valence-corrected chi connectivity index (χ0v) is 8.31. The maximum atomic E-state index is 11.5. The third-order valence-corrected chi connectivity index (χ3v) is 2.20. The van der Waals surface area contributed by atoms with Crippen LogP contribution in [0.4, 0.5) is 0 Å². The number of hydrogen-bond donors (Lipinski definition) is 2. The molecular formula is C12H9NO3. The maximum absolute atomic E-state index is 11.5. The first-order chi connectivity index (χ1) is 7.66. The number of pyridine rings is 1. The van der Waals surface area contributed by atoms with Crippen molar-refractivity contribution in [3.05, 3.63) is 52.3 Å². The van der Waals surface area contributed by atoms with Gasteiger partial charge in [-0.25, -0.2) is 4.79 Å². The van der Waals surface area contributed by atoms with E-state index in [0.29, 0.717) is 10.9 Å². The minimum atomic E-state index is -1.01. The number of nitrogens with one attached hydrogen (secondary N) is 1. The third kappa shape index (κ3) is 2.00. The Morgan fingerprint density at radius 1 is 1.31 bits per heavy atom. The molecule has 4 nitrogen and oxygen atoms in total. The van der Waals surface area contributed by atoms with Gasteiger partial charge in [-0.05, 0) is 23.8 Å². The summed E-state index contributed by atoms with van der Waals surface area (Å²) in [7, 11) is 0. The van der Waals surface area contributed by atoms with E-state index in [-0.39, 0.29) is 5.43 Å². The van der Waals surface area contributed by atoms with Crippen molar-refractivity contribution in [2.45, 2.75) is 0 Å². The molecule has 0 amide bonds. The van der Waals surface area contributed by atoms with Gasteiger partial charge in [-0.3, -0.25) is 4.79 Å². The van der Waals surface area contributed by atoms with E-state index in [1.807, 2.05) is 0 Å². The number of hydrogen-bond acceptors (Lipinski definition) is 2. The van der Waals surface area contributed by atoms with E-state index in [1.54, 1.807) is 24.4 Å². The first-order valence-corrected chi connectivity index (χ1v) is 4.69. The Morgan fingerprint density at radius 3 is 2.88 bits per heavy atom. The molecule has 0 aliphatic rings. The van der Waals surface area contributed by atoms with Gasteiger partial charge < -0.3 is 10.1 Å². The molecule has 0 aliphatic heterocycles. The van der Waals surface area contributed by atoms with Crippen LogP contribution in [0.25, 0.3) is 17.0 Å². The lowest BCUT2D eigenvalue weighted by atomic mass is 10.1. The normalized spacial score (nSPS) is 11.0. The molecule has 0 fully saturated rings. The van der Waals surface area contributed by atoms with Gasteiger partial charge in [0.25, 0.3) is 0 Å². The maximum Gasteiger partial charge on any atom is 0.328 e. The second-order valence-electron chi connectivity index (χ2n) is 3.32. The predicted octanol–water partition coefficient (Wildman–Crippen LogP) is 1.63. The van der Waals surface area contributed by atoms with Crippen LogP contribution in [0.1, 0.15) is 5.56 Å². The van der Waals surface area contributed by atoms with Crippen molar-refractivity contribution in [3.63, 3.8) is 0 Å². The summed E-state index contributed by atoms with van der Waals surface area (Å²) in [4.78, 5) is 24.8. The van der Waals surface area contributed by atoms with Gasteiger partial charge in [0.1, 0.15) is 0 Å². The summed E-state index contributed by atoms with van der Waals surface area (Å²) in [5.41, 5.74) is 1.34. The van der Waals surface area contributed by atoms with Crippen LogP contribution in [0.2, 0.25) is 0 Å². The van der Waals surface area contributed by atoms with Gasteiger partial charge in [0.2, 0.25) is 0 Å². The minimum absolute atomic E-state index is 0.0840. The third-order valence-electron chi connectivity index (χ3n) is 2.20. The van der Waals surface area contributed by atoms with E-state index in [9.17, 15) is 9.59 Å². The molecule has 16 heavy (non-hydrogen) atoms. The number of benzene rings is 1. The van der Waals surface area contributed by atoms with Crippen molar-refractivity contribution in [1.82, 2.24) is 4.98 Å². The topological polar surface area (TPSA) is 70.2 Å². The Labute approximate surface area is 90.9 Å². The molecule has 1 aromatic carbocycles. The highest BCUT2D eigenvalue weighted by molar-refractivity contribution is 5.87. The highest BCUT2D eigenvalue weighted by Crippen LogP contribution is 2.11. The lowest BCUT2D eigenvalue weighted by Gasteiger charge is -1.98. The lowest BCUT2D eigenvalue weighted by Crippen LogP contribution is -1.99. The number of aromatic amines is 1. The molecule has 0 saturated heterocycles. The van der Waals surface area contributed by atoms with Crippen LogP contribution in [0.15, 0.2) is 41.3 Å². The number of rotatable bonds is 2. The summed E-state index contributed by atoms with van der Waals surface area (Å²) in [6.07, 6.45) is 4.07. The molecule has 2 aromatic rings. The molecule has 0 bridgehead atoms. The highest BCUT2D eigenvalue weighted by atomic mass is 16.4. The molecule has 2 rings (SSSR count). The summed E-state index contributed by atoms with van der Waals surface area (Å²) in [5.74, 6) is -1.01. The van der Waals surface area contributed by atoms with Crippen molar-refractivity contribution in [1.29, 1.82) is 0 Å². The number of H-pyrrole nitrogens is 1. The fourth-order valence-corrected chi connectivity index (χ4v) is 1.46. The number of aromatic nitrogens is 1. The summed E-state index contributed by atoms with van der Waals surface area (Å²) >= 11 is 0. The standard InChI is InChI=1S/C12H9NO3/c14-11-5-6-13-10-3-1-8(7-9(10)11)2-4-12(15)16/h1-7H,(H,13,14)(H,15,16). The van der Waals surface area contributed by atoms with Gasteiger partial charge in [-0.1, -0.05) is 6.07 Å². The average Bonchev–Trinajstić information content (AvgIpc) is 2.27. The highest BCUT2D eigenvalue weighted by Gasteiger charge is 1.98. The van der Waals surface area contributed by atoms with Crippen molar-refractivity contribution >= 4 is 22.9 Å². The fourth-order valence-electron chi connectivity index (χ4n) is 1.46. The second kappa shape index (κ2) is 4.02. The van der Waals surface area contributed by atoms with Gasteiger partial charge in [-0.15, -0.1) is 0 Å². The SMILES string of the molecule is O=C(O)C=Cc1ccc2[nH]ccc(=O)c2c1. The van der Waals surface area contributed by atoms with Gasteiger partial charge >= 0.3 is 5.97 Å². The molecule has 1 heterocycles. The monoisotopic (exact) mass is 215 g/mol. The molecule has 0 aliphatic carbocycles. The second-order valence-corrected chi connectivity index (χ2v) is 3.32. The van der Waals surface area contributed by atoms with E-state index in [1.165, 1.54) is 12.1 Å².